The Labute approximate surface area is 312 Å². The Balaban J connectivity index is 0.00000308. The van der Waals surface area contributed by atoms with Gasteiger partial charge in [0.15, 0.2) is 0 Å². The van der Waals surface area contributed by atoms with Crippen molar-refractivity contribution in [1.82, 2.24) is 5.32 Å². The van der Waals surface area contributed by atoms with Crippen molar-refractivity contribution < 1.29 is 26.8 Å². The highest BCUT2D eigenvalue weighted by Gasteiger charge is 2.28. The number of rotatable bonds is 37. The molecule has 0 aliphatic carbocycles. The Morgan fingerprint density at radius 3 is 1.18 bits per heavy atom. The largest absolute Gasteiger partial charge is 0.726 e. The fourth-order valence-electron chi connectivity index (χ4n) is 7.56. The van der Waals surface area contributed by atoms with Crippen LogP contribution < -0.4 is 5.32 Å². The SMILES string of the molecule is CCCCCCCCCCCCCCCCCC(CCCCCCCCCCCCCCCC)C(CCO)[N+]1=CNCC1.CCOS(=O)(=O)[O-]. The second-order valence-electron chi connectivity index (χ2n) is 15.1. The third-order valence-electron chi connectivity index (χ3n) is 10.5. The molecule has 1 aliphatic heterocycles. The van der Waals surface area contributed by atoms with E-state index in [-0.39, 0.29) is 6.61 Å². The lowest BCUT2D eigenvalue weighted by atomic mass is 9.86. The highest BCUT2D eigenvalue weighted by Crippen LogP contribution is 2.26. The lowest BCUT2D eigenvalue weighted by Crippen LogP contribution is -2.34. The molecule has 2 N–H and O–H groups in total. The van der Waals surface area contributed by atoms with Crippen LogP contribution in [0.4, 0.5) is 0 Å². The summed E-state index contributed by atoms with van der Waals surface area (Å²) in [6, 6.07) is 0.522. The maximum atomic E-state index is 9.88. The maximum absolute atomic E-state index is 9.88. The zero-order valence-corrected chi connectivity index (χ0v) is 34.4. The Kier molecular flexibility index (Phi) is 37.5. The van der Waals surface area contributed by atoms with Gasteiger partial charge in [0.2, 0.25) is 16.7 Å². The van der Waals surface area contributed by atoms with Gasteiger partial charge in [0.05, 0.1) is 6.61 Å². The standard InChI is InChI=1S/C40H80N2O.C2H6O4S/c1-3-5-7-9-11-13-15-17-19-21-23-25-27-29-31-33-39(40(34-37-43)42-36-35-41-38-42)32-30-28-26-24-22-20-18-16-14-12-10-8-6-4-2;1-2-6-7(3,4)5/h38-40,43H,3-37H2,1-2H3;2H2,1H3,(H,3,4,5). The molecule has 0 radical (unpaired) electrons. The molecule has 8 heteroatoms. The minimum atomic E-state index is -4.42. The number of aliphatic hydroxyl groups excluding tert-OH is 1. The molecule has 0 saturated carbocycles. The molecule has 7 nitrogen and oxygen atoms in total. The second-order valence-corrected chi connectivity index (χ2v) is 16.2. The highest BCUT2D eigenvalue weighted by atomic mass is 32.3. The average molecular weight is 731 g/mol. The number of nitrogens with zero attached hydrogens (tertiary/aromatic N) is 1. The van der Waals surface area contributed by atoms with Crippen LogP contribution in [0.25, 0.3) is 0 Å². The van der Waals surface area contributed by atoms with Crippen molar-refractivity contribution in [3.63, 3.8) is 0 Å². The molecule has 1 heterocycles. The van der Waals surface area contributed by atoms with Gasteiger partial charge >= 0.3 is 0 Å². The van der Waals surface area contributed by atoms with Gasteiger partial charge in [-0.1, -0.05) is 200 Å². The minimum absolute atomic E-state index is 0.0914. The summed E-state index contributed by atoms with van der Waals surface area (Å²) >= 11 is 0. The Hall–Kier alpha value is -0.700. The van der Waals surface area contributed by atoms with Gasteiger partial charge in [0.25, 0.3) is 0 Å². The first-order chi connectivity index (χ1) is 24.4. The maximum Gasteiger partial charge on any atom is 0.232 e. The van der Waals surface area contributed by atoms with E-state index >= 15 is 0 Å². The van der Waals surface area contributed by atoms with E-state index < -0.39 is 10.4 Å². The Bertz CT molecular complexity index is 823. The van der Waals surface area contributed by atoms with Gasteiger partial charge in [-0.2, -0.15) is 0 Å². The van der Waals surface area contributed by atoms with Gasteiger partial charge < -0.3 is 9.66 Å². The molecular formula is C42H86N2O5S. The summed E-state index contributed by atoms with van der Waals surface area (Å²) in [5, 5.41) is 13.3. The molecule has 0 aromatic heterocycles. The van der Waals surface area contributed by atoms with Gasteiger partial charge in [0, 0.05) is 13.0 Å². The fraction of sp³-hybridized carbons (Fsp3) is 0.976. The van der Waals surface area contributed by atoms with E-state index in [9.17, 15) is 18.1 Å². The summed E-state index contributed by atoms with van der Waals surface area (Å²) in [6.07, 6.45) is 47.5. The first-order valence-corrected chi connectivity index (χ1v) is 23.3. The molecule has 2 unspecified atom stereocenters. The lowest BCUT2D eigenvalue weighted by molar-refractivity contribution is -0.564. The van der Waals surface area contributed by atoms with Gasteiger partial charge in [0.1, 0.15) is 19.1 Å². The number of nitrogens with one attached hydrogen (secondary N) is 1. The van der Waals surface area contributed by atoms with E-state index in [0.717, 1.165) is 25.4 Å². The number of unbranched alkanes of at least 4 members (excludes halogenated alkanes) is 27. The summed E-state index contributed by atoms with van der Waals surface area (Å²) in [6.45, 7) is 8.44. The monoisotopic (exact) mass is 731 g/mol. The van der Waals surface area contributed by atoms with E-state index in [0.29, 0.717) is 12.6 Å². The van der Waals surface area contributed by atoms with Gasteiger partial charge in [-0.05, 0) is 25.7 Å². The van der Waals surface area contributed by atoms with Crippen LogP contribution in [0.1, 0.15) is 226 Å². The van der Waals surface area contributed by atoms with Gasteiger partial charge in [-0.25, -0.2) is 8.42 Å². The predicted molar refractivity (Wildman–Crippen MR) is 214 cm³/mol. The average Bonchev–Trinajstić information content (AvgIpc) is 3.63. The van der Waals surface area contributed by atoms with Crippen molar-refractivity contribution in [2.75, 3.05) is 26.3 Å². The summed E-state index contributed by atoms with van der Waals surface area (Å²) in [5.74, 6) is 0.739. The first kappa shape index (κ1) is 49.3. The molecule has 0 fully saturated rings. The molecule has 50 heavy (non-hydrogen) atoms. The highest BCUT2D eigenvalue weighted by molar-refractivity contribution is 7.80. The Morgan fingerprint density at radius 2 is 0.940 bits per heavy atom. The fourth-order valence-corrected chi connectivity index (χ4v) is 7.85. The quantitative estimate of drug-likeness (QED) is 0.0285. The van der Waals surface area contributed by atoms with Crippen molar-refractivity contribution in [3.05, 3.63) is 0 Å². The zero-order valence-electron chi connectivity index (χ0n) is 33.6. The molecule has 1 aliphatic rings. The normalized spacial score (nSPS) is 14.2. The molecule has 0 saturated heterocycles. The van der Waals surface area contributed by atoms with E-state index in [1.165, 1.54) is 206 Å². The van der Waals surface area contributed by atoms with E-state index in [2.05, 4.69) is 34.3 Å². The van der Waals surface area contributed by atoms with Crippen LogP contribution in [-0.2, 0) is 14.6 Å². The Morgan fingerprint density at radius 1 is 0.600 bits per heavy atom. The molecule has 300 valence electrons. The third kappa shape index (κ3) is 34.4. The molecule has 0 bridgehead atoms. The molecule has 1 rings (SSSR count). The van der Waals surface area contributed by atoms with E-state index in [1.807, 2.05) is 0 Å². The van der Waals surface area contributed by atoms with Crippen LogP contribution in [0, 0.1) is 5.92 Å². The first-order valence-electron chi connectivity index (χ1n) is 21.9. The predicted octanol–water partition coefficient (Wildman–Crippen LogP) is 11.6. The lowest BCUT2D eigenvalue weighted by Gasteiger charge is -2.26. The smallest absolute Gasteiger partial charge is 0.232 e. The number of hydrogen-bond donors (Lipinski definition) is 2. The summed E-state index contributed by atoms with van der Waals surface area (Å²) in [4.78, 5) is 0. The van der Waals surface area contributed by atoms with Gasteiger partial charge in [-0.15, -0.1) is 0 Å². The van der Waals surface area contributed by atoms with Crippen molar-refractivity contribution >= 4 is 16.7 Å². The van der Waals surface area contributed by atoms with Crippen LogP contribution in [-0.4, -0.2) is 61.3 Å². The minimum Gasteiger partial charge on any atom is -0.726 e. The molecule has 0 amide bonds. The molecule has 0 aromatic rings. The van der Waals surface area contributed by atoms with Crippen LogP contribution in [0.2, 0.25) is 0 Å². The molecular weight excluding hydrogens is 645 g/mol. The van der Waals surface area contributed by atoms with Crippen molar-refractivity contribution in [2.24, 2.45) is 5.92 Å². The summed E-state index contributed by atoms with van der Waals surface area (Å²) in [7, 11) is -4.42. The second kappa shape index (κ2) is 38.0. The van der Waals surface area contributed by atoms with Crippen LogP contribution in [0.5, 0.6) is 0 Å². The zero-order chi connectivity index (χ0) is 36.8. The number of aliphatic hydroxyl groups is 1. The summed E-state index contributed by atoms with van der Waals surface area (Å²) in [5.41, 5.74) is 0. The molecule has 0 spiro atoms. The van der Waals surface area contributed by atoms with E-state index in [1.54, 1.807) is 0 Å². The van der Waals surface area contributed by atoms with E-state index in [4.69, 9.17) is 0 Å². The molecule has 2 atom stereocenters. The van der Waals surface area contributed by atoms with Crippen LogP contribution in [0.15, 0.2) is 0 Å². The van der Waals surface area contributed by atoms with Crippen molar-refractivity contribution in [2.45, 2.75) is 232 Å². The van der Waals surface area contributed by atoms with Crippen LogP contribution in [0.3, 0.4) is 0 Å². The topological polar surface area (TPSA) is 102 Å². The van der Waals surface area contributed by atoms with Gasteiger partial charge in [-0.3, -0.25) is 14.1 Å². The van der Waals surface area contributed by atoms with Crippen LogP contribution >= 0.6 is 0 Å². The third-order valence-corrected chi connectivity index (χ3v) is 11.1. The summed E-state index contributed by atoms with van der Waals surface area (Å²) < 4.78 is 34.5. The molecule has 0 aromatic carbocycles. The number of hydrogen-bond acceptors (Lipinski definition) is 6. The van der Waals surface area contributed by atoms with Crippen molar-refractivity contribution in [1.29, 1.82) is 0 Å². The van der Waals surface area contributed by atoms with Crippen molar-refractivity contribution in [3.8, 4) is 0 Å².